The lowest BCUT2D eigenvalue weighted by molar-refractivity contribution is 0.0921. The number of fused-ring (bicyclic) bond motifs is 1. The van der Waals surface area contributed by atoms with Crippen LogP contribution in [0.25, 0.3) is 11.0 Å². The van der Waals surface area contributed by atoms with Gasteiger partial charge in [0.05, 0.1) is 30.0 Å². The molecule has 2 aromatic heterocycles. The van der Waals surface area contributed by atoms with Gasteiger partial charge in [-0.15, -0.1) is 0 Å². The molecule has 1 aliphatic rings. The van der Waals surface area contributed by atoms with Crippen molar-refractivity contribution in [3.8, 4) is 0 Å². The molecule has 1 aliphatic heterocycles. The number of hydrogen-bond donors (Lipinski definition) is 2. The molecule has 0 aliphatic carbocycles. The molecule has 3 heterocycles. The van der Waals surface area contributed by atoms with Crippen molar-refractivity contribution in [3.63, 3.8) is 0 Å². The Morgan fingerprint density at radius 3 is 2.92 bits per heavy atom. The zero-order chi connectivity index (χ0) is 17.4. The number of aliphatic hydroxyl groups excluding tert-OH is 1. The van der Waals surface area contributed by atoms with E-state index in [0.29, 0.717) is 19.1 Å². The summed E-state index contributed by atoms with van der Waals surface area (Å²) in [5.41, 5.74) is 5.87. The number of aliphatic hydroxyl groups is 1. The molecule has 0 unspecified atom stereocenters. The van der Waals surface area contributed by atoms with Gasteiger partial charge in [0, 0.05) is 24.5 Å². The Morgan fingerprint density at radius 1 is 1.28 bits per heavy atom. The molecule has 0 saturated carbocycles. The molecule has 5 nitrogen and oxygen atoms in total. The first-order valence-corrected chi connectivity index (χ1v) is 9.09. The maximum Gasteiger partial charge on any atom is 0.0959 e. The molecule has 0 radical (unpaired) electrons. The molecule has 0 bridgehead atoms. The third kappa shape index (κ3) is 3.22. The van der Waals surface area contributed by atoms with E-state index in [1.165, 1.54) is 23.2 Å². The first-order chi connectivity index (χ1) is 12.1. The van der Waals surface area contributed by atoms with Crippen molar-refractivity contribution in [1.29, 1.82) is 0 Å². The Morgan fingerprint density at radius 2 is 2.12 bits per heavy atom. The summed E-state index contributed by atoms with van der Waals surface area (Å²) in [5, 5.41) is 10.7. The zero-order valence-corrected chi connectivity index (χ0v) is 14.9. The molecule has 3 aromatic rings. The van der Waals surface area contributed by atoms with E-state index in [2.05, 4.69) is 51.5 Å². The monoisotopic (exact) mass is 338 g/mol. The van der Waals surface area contributed by atoms with Crippen molar-refractivity contribution < 1.29 is 5.11 Å². The largest absolute Gasteiger partial charge is 0.390 e. The van der Waals surface area contributed by atoms with Crippen LogP contribution in [0.2, 0.25) is 0 Å². The fraction of sp³-hybridized carbons (Fsp3) is 0.450. The van der Waals surface area contributed by atoms with Crippen LogP contribution in [-0.2, 0) is 6.54 Å². The number of H-pyrrole nitrogens is 1. The Hall–Kier alpha value is -2.11. The van der Waals surface area contributed by atoms with Gasteiger partial charge < -0.3 is 14.7 Å². The van der Waals surface area contributed by atoms with Crippen LogP contribution in [0.3, 0.4) is 0 Å². The lowest BCUT2D eigenvalue weighted by Crippen LogP contribution is -2.34. The number of aromatic nitrogens is 3. The highest BCUT2D eigenvalue weighted by Gasteiger charge is 2.28. The number of β-amino-alcohol motifs (C(OH)–C–C–N with tert-alkyl or cyclic N) is 1. The second-order valence-corrected chi connectivity index (χ2v) is 7.25. The van der Waals surface area contributed by atoms with Crippen LogP contribution in [0.5, 0.6) is 0 Å². The predicted molar refractivity (Wildman–Crippen MR) is 99.6 cm³/mol. The predicted octanol–water partition coefficient (Wildman–Crippen LogP) is 3.18. The van der Waals surface area contributed by atoms with Gasteiger partial charge in [-0.3, -0.25) is 4.90 Å². The molecule has 4 rings (SSSR count). The summed E-state index contributed by atoms with van der Waals surface area (Å²) in [6.07, 6.45) is 5.75. The zero-order valence-electron chi connectivity index (χ0n) is 14.9. The first kappa shape index (κ1) is 16.4. The molecule has 0 amide bonds. The highest BCUT2D eigenvalue weighted by Crippen LogP contribution is 2.31. The van der Waals surface area contributed by atoms with Gasteiger partial charge in [-0.2, -0.15) is 0 Å². The van der Waals surface area contributed by atoms with Crippen molar-refractivity contribution in [1.82, 2.24) is 19.4 Å². The number of aryl methyl sites for hydroxylation is 2. The molecule has 2 N–H and O–H groups in total. The Labute approximate surface area is 148 Å². The normalized spacial score (nSPS) is 19.7. The van der Waals surface area contributed by atoms with Crippen LogP contribution in [-0.4, -0.2) is 43.7 Å². The number of rotatable bonds is 5. The minimum atomic E-state index is -0.408. The topological polar surface area (TPSA) is 57.1 Å². The van der Waals surface area contributed by atoms with E-state index in [0.717, 1.165) is 24.0 Å². The van der Waals surface area contributed by atoms with Gasteiger partial charge in [0.2, 0.25) is 0 Å². The molecule has 25 heavy (non-hydrogen) atoms. The number of aromatic amines is 1. The van der Waals surface area contributed by atoms with Crippen molar-refractivity contribution in [2.24, 2.45) is 0 Å². The average Bonchev–Trinajstić information content (AvgIpc) is 3.30. The van der Waals surface area contributed by atoms with Gasteiger partial charge in [-0.05, 0) is 68.6 Å². The van der Waals surface area contributed by atoms with Gasteiger partial charge in [0.1, 0.15) is 0 Å². The number of nitrogens with zero attached hydrogens (tertiary/aromatic N) is 3. The maximum atomic E-state index is 10.7. The van der Waals surface area contributed by atoms with E-state index in [1.54, 1.807) is 0 Å². The summed E-state index contributed by atoms with van der Waals surface area (Å²) in [7, 11) is 0. The lowest BCUT2D eigenvalue weighted by Gasteiger charge is -2.26. The van der Waals surface area contributed by atoms with E-state index in [4.69, 9.17) is 0 Å². The van der Waals surface area contributed by atoms with E-state index >= 15 is 0 Å². The van der Waals surface area contributed by atoms with Crippen LogP contribution >= 0.6 is 0 Å². The minimum Gasteiger partial charge on any atom is -0.390 e. The van der Waals surface area contributed by atoms with Crippen molar-refractivity contribution in [3.05, 3.63) is 53.6 Å². The minimum absolute atomic E-state index is 0.397. The van der Waals surface area contributed by atoms with Gasteiger partial charge in [-0.1, -0.05) is 0 Å². The molecule has 0 spiro atoms. The van der Waals surface area contributed by atoms with E-state index in [-0.39, 0.29) is 0 Å². The highest BCUT2D eigenvalue weighted by molar-refractivity contribution is 5.77. The molecule has 1 fully saturated rings. The molecular weight excluding hydrogens is 312 g/mol. The van der Waals surface area contributed by atoms with Crippen LogP contribution in [0.15, 0.2) is 36.8 Å². The van der Waals surface area contributed by atoms with Crippen LogP contribution in [0.4, 0.5) is 0 Å². The smallest absolute Gasteiger partial charge is 0.0959 e. The van der Waals surface area contributed by atoms with Crippen LogP contribution in [0.1, 0.15) is 35.7 Å². The Kier molecular flexibility index (Phi) is 4.36. The molecule has 1 aromatic carbocycles. The van der Waals surface area contributed by atoms with Gasteiger partial charge >= 0.3 is 0 Å². The van der Waals surface area contributed by atoms with E-state index in [1.807, 2.05) is 18.6 Å². The number of imidazole rings is 1. The maximum absolute atomic E-state index is 10.7. The molecule has 132 valence electrons. The summed E-state index contributed by atoms with van der Waals surface area (Å²) in [6, 6.07) is 8.87. The third-order valence-corrected chi connectivity index (χ3v) is 5.43. The number of benzene rings is 1. The fourth-order valence-electron chi connectivity index (χ4n) is 3.96. The standard InChI is InChI=1S/C20H26N4O/c1-14-9-18-20(10-15(14)2)24(13-22-18)12-16(25)11-23-8-4-6-19(23)17-5-3-7-21-17/h3,5,7,9-10,13,16,19,21,25H,4,6,8,11-12H2,1-2H3/t16-,19-/m1/s1. The summed E-state index contributed by atoms with van der Waals surface area (Å²) in [5.74, 6) is 0. The quantitative estimate of drug-likeness (QED) is 0.751. The summed E-state index contributed by atoms with van der Waals surface area (Å²) in [6.45, 7) is 6.54. The summed E-state index contributed by atoms with van der Waals surface area (Å²) in [4.78, 5) is 10.2. The van der Waals surface area contributed by atoms with E-state index in [9.17, 15) is 5.11 Å². The summed E-state index contributed by atoms with van der Waals surface area (Å²) < 4.78 is 2.08. The van der Waals surface area contributed by atoms with Gasteiger partial charge in [-0.25, -0.2) is 4.98 Å². The Bertz CT molecular complexity index is 852. The molecular formula is C20H26N4O. The first-order valence-electron chi connectivity index (χ1n) is 9.09. The average molecular weight is 338 g/mol. The molecule has 1 saturated heterocycles. The summed E-state index contributed by atoms with van der Waals surface area (Å²) >= 11 is 0. The van der Waals surface area contributed by atoms with Crippen LogP contribution < -0.4 is 0 Å². The second kappa shape index (κ2) is 6.65. The van der Waals surface area contributed by atoms with Gasteiger partial charge in [0.15, 0.2) is 0 Å². The van der Waals surface area contributed by atoms with E-state index < -0.39 is 6.10 Å². The molecule has 2 atom stereocenters. The van der Waals surface area contributed by atoms with Crippen molar-refractivity contribution >= 4 is 11.0 Å². The third-order valence-electron chi connectivity index (χ3n) is 5.43. The van der Waals surface area contributed by atoms with Gasteiger partial charge in [0.25, 0.3) is 0 Å². The highest BCUT2D eigenvalue weighted by atomic mass is 16.3. The fourth-order valence-corrected chi connectivity index (χ4v) is 3.96. The van der Waals surface area contributed by atoms with Crippen LogP contribution in [0, 0.1) is 13.8 Å². The van der Waals surface area contributed by atoms with Crippen molar-refractivity contribution in [2.75, 3.05) is 13.1 Å². The number of nitrogens with one attached hydrogen (secondary N) is 1. The Balaban J connectivity index is 1.47. The lowest BCUT2D eigenvalue weighted by atomic mass is 10.1. The number of likely N-dealkylation sites (tertiary alicyclic amines) is 1. The number of hydrogen-bond acceptors (Lipinski definition) is 3. The SMILES string of the molecule is Cc1cc2ncn(C[C@H](O)CN3CCC[C@@H]3c3ccc[nH]3)c2cc1C. The van der Waals surface area contributed by atoms with Crippen molar-refractivity contribution in [2.45, 2.75) is 45.4 Å². The molecule has 5 heteroatoms. The second-order valence-electron chi connectivity index (χ2n) is 7.25.